The molecule has 3 rings (SSSR count). The van der Waals surface area contributed by atoms with Gasteiger partial charge in [-0.25, -0.2) is 9.97 Å². The van der Waals surface area contributed by atoms with Crippen molar-refractivity contribution in [1.82, 2.24) is 9.97 Å². The van der Waals surface area contributed by atoms with E-state index < -0.39 is 0 Å². The minimum absolute atomic E-state index is 0.226. The van der Waals surface area contributed by atoms with E-state index in [1.165, 1.54) is 5.56 Å². The van der Waals surface area contributed by atoms with Gasteiger partial charge in [-0.3, -0.25) is 0 Å². The number of para-hydroxylation sites is 1. The summed E-state index contributed by atoms with van der Waals surface area (Å²) in [6, 6.07) is 10.2. The number of ether oxygens (including phenoxy) is 1. The van der Waals surface area contributed by atoms with Gasteiger partial charge in [0.15, 0.2) is 0 Å². The maximum Gasteiger partial charge on any atom is 0.137 e. The van der Waals surface area contributed by atoms with Gasteiger partial charge in [0.05, 0.1) is 12.5 Å². The number of hydrogen-bond acceptors (Lipinski definition) is 4. The summed E-state index contributed by atoms with van der Waals surface area (Å²) in [7, 11) is 0. The molecule has 0 saturated carbocycles. The topological polar surface area (TPSA) is 47.0 Å². The molecule has 1 aromatic heterocycles. The minimum atomic E-state index is 0.226. The van der Waals surface area contributed by atoms with E-state index in [0.717, 1.165) is 42.5 Å². The van der Waals surface area contributed by atoms with Gasteiger partial charge in [0.2, 0.25) is 0 Å². The van der Waals surface area contributed by atoms with E-state index in [9.17, 15) is 0 Å². The number of nitrogens with one attached hydrogen (secondary N) is 1. The normalized spacial score (nSPS) is 17.0. The lowest BCUT2D eigenvalue weighted by atomic mass is 9.96. The molecule has 1 atom stereocenters. The highest BCUT2D eigenvalue weighted by atomic mass is 16.5. The standard InChI is InChI=1S/C17H21N3O/c1-3-14-10-16(18-4-2)20-17(19-14)13-9-12-7-5-6-8-15(12)21-11-13/h5-8,10,13H,3-4,9,11H2,1-2H3,(H,18,19,20). The van der Waals surface area contributed by atoms with Gasteiger partial charge >= 0.3 is 0 Å². The number of benzene rings is 1. The van der Waals surface area contributed by atoms with Crippen molar-refractivity contribution in [2.24, 2.45) is 0 Å². The molecule has 2 heterocycles. The average molecular weight is 283 g/mol. The van der Waals surface area contributed by atoms with Crippen LogP contribution in [0.25, 0.3) is 0 Å². The number of hydrogen-bond donors (Lipinski definition) is 1. The molecular formula is C17H21N3O. The summed E-state index contributed by atoms with van der Waals surface area (Å²) in [5.74, 6) is 3.02. The van der Waals surface area contributed by atoms with Gasteiger partial charge in [0.25, 0.3) is 0 Å². The van der Waals surface area contributed by atoms with Gasteiger partial charge in [-0.05, 0) is 31.4 Å². The molecule has 1 unspecified atom stereocenters. The van der Waals surface area contributed by atoms with Crippen molar-refractivity contribution in [1.29, 1.82) is 0 Å². The first kappa shape index (κ1) is 13.9. The van der Waals surface area contributed by atoms with E-state index in [0.29, 0.717) is 6.61 Å². The summed E-state index contributed by atoms with van der Waals surface area (Å²) < 4.78 is 5.86. The van der Waals surface area contributed by atoms with E-state index in [2.05, 4.69) is 36.3 Å². The predicted octanol–water partition coefficient (Wildman–Crippen LogP) is 3.19. The zero-order chi connectivity index (χ0) is 14.7. The molecule has 0 amide bonds. The molecule has 0 aliphatic carbocycles. The number of aromatic nitrogens is 2. The Morgan fingerprint density at radius 3 is 2.90 bits per heavy atom. The van der Waals surface area contributed by atoms with Crippen molar-refractivity contribution in [2.75, 3.05) is 18.5 Å². The van der Waals surface area contributed by atoms with Crippen LogP contribution in [0.15, 0.2) is 30.3 Å². The third-order valence-corrected chi connectivity index (χ3v) is 3.76. The zero-order valence-corrected chi connectivity index (χ0v) is 12.6. The van der Waals surface area contributed by atoms with Crippen LogP contribution in [0.1, 0.15) is 36.8 Å². The third kappa shape index (κ3) is 2.99. The minimum Gasteiger partial charge on any atom is -0.493 e. The first-order valence-electron chi connectivity index (χ1n) is 7.62. The van der Waals surface area contributed by atoms with Crippen molar-refractivity contribution in [2.45, 2.75) is 32.6 Å². The fourth-order valence-electron chi connectivity index (χ4n) is 2.65. The second-order valence-electron chi connectivity index (χ2n) is 5.31. The van der Waals surface area contributed by atoms with Crippen LogP contribution in [-0.4, -0.2) is 23.1 Å². The Hall–Kier alpha value is -2.10. The van der Waals surface area contributed by atoms with Crippen LogP contribution >= 0.6 is 0 Å². The van der Waals surface area contributed by atoms with Gasteiger partial charge in [0, 0.05) is 18.3 Å². The van der Waals surface area contributed by atoms with Gasteiger partial charge in [-0.2, -0.15) is 0 Å². The fourth-order valence-corrected chi connectivity index (χ4v) is 2.65. The number of fused-ring (bicyclic) bond motifs is 1. The second kappa shape index (κ2) is 6.12. The van der Waals surface area contributed by atoms with Crippen LogP contribution in [0.2, 0.25) is 0 Å². The highest BCUT2D eigenvalue weighted by molar-refractivity contribution is 5.39. The second-order valence-corrected chi connectivity index (χ2v) is 5.31. The lowest BCUT2D eigenvalue weighted by Crippen LogP contribution is -2.22. The van der Waals surface area contributed by atoms with E-state index in [1.807, 2.05) is 18.2 Å². The molecule has 0 bridgehead atoms. The molecule has 4 nitrogen and oxygen atoms in total. The smallest absolute Gasteiger partial charge is 0.137 e. The molecular weight excluding hydrogens is 262 g/mol. The van der Waals surface area contributed by atoms with E-state index in [4.69, 9.17) is 9.72 Å². The van der Waals surface area contributed by atoms with Crippen LogP contribution < -0.4 is 10.1 Å². The first-order chi connectivity index (χ1) is 10.3. The van der Waals surface area contributed by atoms with Crippen molar-refractivity contribution in [3.63, 3.8) is 0 Å². The molecule has 2 aromatic rings. The van der Waals surface area contributed by atoms with E-state index in [-0.39, 0.29) is 5.92 Å². The average Bonchev–Trinajstić information content (AvgIpc) is 2.54. The largest absolute Gasteiger partial charge is 0.493 e. The molecule has 1 aromatic carbocycles. The lowest BCUT2D eigenvalue weighted by molar-refractivity contribution is 0.257. The zero-order valence-electron chi connectivity index (χ0n) is 12.6. The molecule has 0 saturated heterocycles. The number of nitrogens with zero attached hydrogens (tertiary/aromatic N) is 2. The van der Waals surface area contributed by atoms with Crippen molar-refractivity contribution in [3.8, 4) is 5.75 Å². The Kier molecular flexibility index (Phi) is 4.04. The Morgan fingerprint density at radius 2 is 2.10 bits per heavy atom. The molecule has 1 aliphatic heterocycles. The highest BCUT2D eigenvalue weighted by Crippen LogP contribution is 2.31. The molecule has 1 N–H and O–H groups in total. The summed E-state index contributed by atoms with van der Waals surface area (Å²) in [4.78, 5) is 9.37. The quantitative estimate of drug-likeness (QED) is 0.936. The van der Waals surface area contributed by atoms with Gasteiger partial charge in [0.1, 0.15) is 17.4 Å². The highest BCUT2D eigenvalue weighted by Gasteiger charge is 2.24. The number of anilines is 1. The van der Waals surface area contributed by atoms with Crippen molar-refractivity contribution >= 4 is 5.82 Å². The van der Waals surface area contributed by atoms with Crippen LogP contribution in [0, 0.1) is 0 Å². The van der Waals surface area contributed by atoms with Gasteiger partial charge in [-0.1, -0.05) is 25.1 Å². The van der Waals surface area contributed by atoms with Crippen LogP contribution in [0.5, 0.6) is 5.75 Å². The van der Waals surface area contributed by atoms with Crippen LogP contribution in [0.3, 0.4) is 0 Å². The molecule has 21 heavy (non-hydrogen) atoms. The first-order valence-corrected chi connectivity index (χ1v) is 7.62. The lowest BCUT2D eigenvalue weighted by Gasteiger charge is -2.24. The maximum atomic E-state index is 5.86. The van der Waals surface area contributed by atoms with Crippen molar-refractivity contribution in [3.05, 3.63) is 47.4 Å². The summed E-state index contributed by atoms with van der Waals surface area (Å²) in [6.45, 7) is 5.71. The van der Waals surface area contributed by atoms with Gasteiger partial charge < -0.3 is 10.1 Å². The Bertz CT molecular complexity index is 627. The van der Waals surface area contributed by atoms with E-state index >= 15 is 0 Å². The maximum absolute atomic E-state index is 5.86. The summed E-state index contributed by atoms with van der Waals surface area (Å²) in [5, 5.41) is 3.29. The molecule has 1 aliphatic rings. The van der Waals surface area contributed by atoms with Crippen molar-refractivity contribution < 1.29 is 4.74 Å². The van der Waals surface area contributed by atoms with E-state index in [1.54, 1.807) is 0 Å². The molecule has 4 heteroatoms. The molecule has 0 radical (unpaired) electrons. The third-order valence-electron chi connectivity index (χ3n) is 3.76. The summed E-state index contributed by atoms with van der Waals surface area (Å²) in [5.41, 5.74) is 2.32. The Labute approximate surface area is 125 Å². The Balaban J connectivity index is 1.89. The molecule has 0 spiro atoms. The number of rotatable bonds is 4. The summed E-state index contributed by atoms with van der Waals surface area (Å²) in [6.07, 6.45) is 1.85. The van der Waals surface area contributed by atoms with Crippen LogP contribution in [-0.2, 0) is 12.8 Å². The number of aryl methyl sites for hydroxylation is 1. The van der Waals surface area contributed by atoms with Crippen LogP contribution in [0.4, 0.5) is 5.82 Å². The Morgan fingerprint density at radius 1 is 1.24 bits per heavy atom. The summed E-state index contributed by atoms with van der Waals surface area (Å²) >= 11 is 0. The predicted molar refractivity (Wildman–Crippen MR) is 84.0 cm³/mol. The fraction of sp³-hybridized carbons (Fsp3) is 0.412. The monoisotopic (exact) mass is 283 g/mol. The van der Waals surface area contributed by atoms with Gasteiger partial charge in [-0.15, -0.1) is 0 Å². The molecule has 110 valence electrons. The SMILES string of the molecule is CCNc1cc(CC)nc(C2COc3ccccc3C2)n1. The molecule has 0 fully saturated rings.